The first-order valence-corrected chi connectivity index (χ1v) is 5.43. The molecule has 0 bridgehead atoms. The number of methoxy groups -OCH3 is 1. The van der Waals surface area contributed by atoms with Crippen molar-refractivity contribution >= 4 is 17.5 Å². The summed E-state index contributed by atoms with van der Waals surface area (Å²) < 4.78 is 4.89. The van der Waals surface area contributed by atoms with Crippen molar-refractivity contribution in [3.63, 3.8) is 0 Å². The number of aliphatic hydroxyl groups is 1. The predicted molar refractivity (Wildman–Crippen MR) is 61.9 cm³/mol. The van der Waals surface area contributed by atoms with Gasteiger partial charge in [-0.25, -0.2) is 9.97 Å². The Labute approximate surface area is 104 Å². The molecule has 1 aromatic heterocycles. The molecule has 6 nitrogen and oxygen atoms in total. The van der Waals surface area contributed by atoms with Crippen molar-refractivity contribution in [2.24, 2.45) is 0 Å². The highest BCUT2D eigenvalue weighted by Crippen LogP contribution is 2.04. The second-order valence-electron chi connectivity index (χ2n) is 3.23. The average Bonchev–Trinajstić information content (AvgIpc) is 2.34. The number of carbonyl (C=O) groups excluding carboxylic acids is 1. The van der Waals surface area contributed by atoms with Gasteiger partial charge in [-0.3, -0.25) is 4.79 Å². The Morgan fingerprint density at radius 1 is 1.47 bits per heavy atom. The van der Waals surface area contributed by atoms with Crippen LogP contribution in [0.5, 0.6) is 0 Å². The summed E-state index contributed by atoms with van der Waals surface area (Å²) in [6.45, 7) is 0.899. The summed E-state index contributed by atoms with van der Waals surface area (Å²) in [5, 5.41) is 9.11. The van der Waals surface area contributed by atoms with E-state index in [-0.39, 0.29) is 29.9 Å². The van der Waals surface area contributed by atoms with Gasteiger partial charge >= 0.3 is 0 Å². The lowest BCUT2D eigenvalue weighted by Crippen LogP contribution is -2.36. The summed E-state index contributed by atoms with van der Waals surface area (Å²) in [5.74, 6) is -0.305. The molecule has 1 rings (SSSR count). The maximum atomic E-state index is 12.0. The molecule has 17 heavy (non-hydrogen) atoms. The van der Waals surface area contributed by atoms with Crippen LogP contribution in [-0.4, -0.2) is 59.3 Å². The number of amides is 1. The Morgan fingerprint density at radius 2 is 2.24 bits per heavy atom. The van der Waals surface area contributed by atoms with Gasteiger partial charge in [-0.1, -0.05) is 11.6 Å². The van der Waals surface area contributed by atoms with E-state index in [2.05, 4.69) is 9.97 Å². The van der Waals surface area contributed by atoms with Crippen LogP contribution in [0.25, 0.3) is 0 Å². The Hall–Kier alpha value is -1.24. The zero-order valence-corrected chi connectivity index (χ0v) is 10.2. The Morgan fingerprint density at radius 3 is 2.76 bits per heavy atom. The van der Waals surface area contributed by atoms with Crippen molar-refractivity contribution in [2.45, 2.75) is 0 Å². The molecule has 1 aromatic rings. The monoisotopic (exact) mass is 259 g/mol. The molecule has 1 N–H and O–H groups in total. The van der Waals surface area contributed by atoms with Crippen LogP contribution < -0.4 is 0 Å². The van der Waals surface area contributed by atoms with Crippen LogP contribution in [0.15, 0.2) is 12.4 Å². The largest absolute Gasteiger partial charge is 0.395 e. The minimum absolute atomic E-state index is 0.115. The predicted octanol–water partition coefficient (Wildman–Crippen LogP) is 0.211. The fourth-order valence-corrected chi connectivity index (χ4v) is 1.32. The van der Waals surface area contributed by atoms with Crippen LogP contribution in [0.1, 0.15) is 10.5 Å². The Kier molecular flexibility index (Phi) is 5.82. The smallest absolute Gasteiger partial charge is 0.274 e. The number of aliphatic hydroxyl groups excluding tert-OH is 1. The van der Waals surface area contributed by atoms with Crippen LogP contribution in [-0.2, 0) is 4.74 Å². The van der Waals surface area contributed by atoms with E-state index in [4.69, 9.17) is 21.4 Å². The van der Waals surface area contributed by atoms with Gasteiger partial charge in [0.2, 0.25) is 0 Å². The molecule has 7 heteroatoms. The van der Waals surface area contributed by atoms with E-state index in [1.165, 1.54) is 17.3 Å². The fourth-order valence-electron chi connectivity index (χ4n) is 1.22. The van der Waals surface area contributed by atoms with Gasteiger partial charge in [-0.15, -0.1) is 0 Å². The van der Waals surface area contributed by atoms with E-state index < -0.39 is 0 Å². The van der Waals surface area contributed by atoms with Gasteiger partial charge in [0.25, 0.3) is 5.91 Å². The summed E-state index contributed by atoms with van der Waals surface area (Å²) in [5.41, 5.74) is 0.193. The van der Waals surface area contributed by atoms with Crippen molar-refractivity contribution in [3.8, 4) is 0 Å². The number of aromatic nitrogens is 2. The molecule has 0 aliphatic heterocycles. The highest BCUT2D eigenvalue weighted by atomic mass is 35.5. The number of carbonyl (C=O) groups is 1. The van der Waals surface area contributed by atoms with E-state index >= 15 is 0 Å². The summed E-state index contributed by atoms with van der Waals surface area (Å²) in [6.07, 6.45) is 2.62. The van der Waals surface area contributed by atoms with Crippen molar-refractivity contribution < 1.29 is 14.6 Å². The third-order valence-corrected chi connectivity index (χ3v) is 2.26. The van der Waals surface area contributed by atoms with Crippen molar-refractivity contribution in [1.82, 2.24) is 14.9 Å². The molecule has 1 heterocycles. The lowest BCUT2D eigenvalue weighted by atomic mass is 10.3. The average molecular weight is 260 g/mol. The van der Waals surface area contributed by atoms with E-state index in [0.29, 0.717) is 13.2 Å². The van der Waals surface area contributed by atoms with Crippen LogP contribution >= 0.6 is 11.6 Å². The van der Waals surface area contributed by atoms with Crippen molar-refractivity contribution in [2.75, 3.05) is 33.4 Å². The molecular weight excluding hydrogens is 246 g/mol. The first kappa shape index (κ1) is 13.8. The van der Waals surface area contributed by atoms with Crippen LogP contribution in [0, 0.1) is 0 Å². The van der Waals surface area contributed by atoms with E-state index in [1.54, 1.807) is 7.11 Å². The Balaban J connectivity index is 2.72. The van der Waals surface area contributed by atoms with Gasteiger partial charge in [0.15, 0.2) is 0 Å². The van der Waals surface area contributed by atoms with Gasteiger partial charge in [0.1, 0.15) is 10.8 Å². The normalized spacial score (nSPS) is 10.3. The summed E-state index contributed by atoms with van der Waals surface area (Å²) in [6, 6.07) is 0. The maximum Gasteiger partial charge on any atom is 0.274 e. The quantitative estimate of drug-likeness (QED) is 0.791. The fraction of sp³-hybridized carbons (Fsp3) is 0.500. The second kappa shape index (κ2) is 7.16. The molecule has 0 unspecified atom stereocenters. The molecule has 0 saturated heterocycles. The van der Waals surface area contributed by atoms with Gasteiger partial charge in [-0.05, 0) is 0 Å². The number of rotatable bonds is 6. The molecule has 0 radical (unpaired) electrons. The molecule has 94 valence electrons. The number of nitrogens with zero attached hydrogens (tertiary/aromatic N) is 3. The molecule has 0 fully saturated rings. The SMILES string of the molecule is COCCN(CCO)C(=O)c1cnc(Cl)cn1. The summed E-state index contributed by atoms with van der Waals surface area (Å²) in [7, 11) is 1.55. The molecule has 0 aromatic carbocycles. The zero-order chi connectivity index (χ0) is 12.7. The minimum Gasteiger partial charge on any atom is -0.395 e. The Bertz CT molecular complexity index is 358. The molecule has 0 aliphatic rings. The van der Waals surface area contributed by atoms with Gasteiger partial charge in [0.05, 0.1) is 25.6 Å². The third kappa shape index (κ3) is 4.26. The standard InChI is InChI=1S/C10H14ClN3O3/c1-17-5-3-14(2-4-15)10(16)8-6-13-9(11)7-12-8/h6-7,15H,2-5H2,1H3. The highest BCUT2D eigenvalue weighted by molar-refractivity contribution is 6.29. The maximum absolute atomic E-state index is 12.0. The van der Waals surface area contributed by atoms with Gasteiger partial charge in [0, 0.05) is 20.2 Å². The number of halogens is 1. The molecule has 0 saturated carbocycles. The molecular formula is C10H14ClN3O3. The van der Waals surface area contributed by atoms with Crippen molar-refractivity contribution in [1.29, 1.82) is 0 Å². The summed E-state index contributed by atoms with van der Waals surface area (Å²) in [4.78, 5) is 21.1. The summed E-state index contributed by atoms with van der Waals surface area (Å²) >= 11 is 5.58. The van der Waals surface area contributed by atoms with Crippen LogP contribution in [0.3, 0.4) is 0 Å². The molecule has 0 aliphatic carbocycles. The highest BCUT2D eigenvalue weighted by Gasteiger charge is 2.16. The van der Waals surface area contributed by atoms with Gasteiger partial charge in [-0.2, -0.15) is 0 Å². The number of hydrogen-bond acceptors (Lipinski definition) is 5. The topological polar surface area (TPSA) is 75.6 Å². The lowest BCUT2D eigenvalue weighted by molar-refractivity contribution is 0.0650. The minimum atomic E-state index is -0.305. The first-order chi connectivity index (χ1) is 8.19. The lowest BCUT2D eigenvalue weighted by Gasteiger charge is -2.20. The molecule has 0 spiro atoms. The first-order valence-electron chi connectivity index (χ1n) is 5.05. The van der Waals surface area contributed by atoms with Crippen molar-refractivity contribution in [3.05, 3.63) is 23.2 Å². The van der Waals surface area contributed by atoms with Crippen LogP contribution in [0.2, 0.25) is 5.15 Å². The number of ether oxygens (including phenoxy) is 1. The van der Waals surface area contributed by atoms with Crippen LogP contribution in [0.4, 0.5) is 0 Å². The van der Waals surface area contributed by atoms with E-state index in [9.17, 15) is 4.79 Å². The van der Waals surface area contributed by atoms with E-state index in [0.717, 1.165) is 0 Å². The third-order valence-electron chi connectivity index (χ3n) is 2.06. The molecule has 1 amide bonds. The number of hydrogen-bond donors (Lipinski definition) is 1. The zero-order valence-electron chi connectivity index (χ0n) is 9.47. The molecule has 0 atom stereocenters. The van der Waals surface area contributed by atoms with E-state index in [1.807, 2.05) is 0 Å². The second-order valence-corrected chi connectivity index (χ2v) is 3.62. The van der Waals surface area contributed by atoms with Gasteiger partial charge < -0.3 is 14.7 Å².